The summed E-state index contributed by atoms with van der Waals surface area (Å²) in [6, 6.07) is 7.89. The van der Waals surface area contributed by atoms with Gasteiger partial charge in [-0.15, -0.1) is 10.2 Å². The summed E-state index contributed by atoms with van der Waals surface area (Å²) in [6.45, 7) is 6.35. The first-order valence-corrected chi connectivity index (χ1v) is 7.42. The molecule has 0 saturated carbocycles. The molecule has 5 heteroatoms. The van der Waals surface area contributed by atoms with Crippen LogP contribution >= 0.6 is 0 Å². The van der Waals surface area contributed by atoms with Crippen molar-refractivity contribution in [3.63, 3.8) is 0 Å². The molecule has 1 aliphatic heterocycles. The number of benzene rings is 1. The summed E-state index contributed by atoms with van der Waals surface area (Å²) in [5, 5.41) is 12.0. The third kappa shape index (κ3) is 2.88. The molecule has 1 aliphatic rings. The zero-order valence-corrected chi connectivity index (χ0v) is 11.9. The summed E-state index contributed by atoms with van der Waals surface area (Å²) >= 11 is 0. The molecular weight excluding hydrogens is 250 g/mol. The van der Waals surface area contributed by atoms with Gasteiger partial charge in [0, 0.05) is 13.1 Å². The van der Waals surface area contributed by atoms with Gasteiger partial charge in [0.1, 0.15) is 5.52 Å². The maximum absolute atomic E-state index is 4.65. The van der Waals surface area contributed by atoms with Crippen molar-refractivity contribution in [2.45, 2.75) is 19.8 Å². The number of nitrogens with one attached hydrogen (secondary N) is 1. The molecule has 0 atom stereocenters. The average molecular weight is 271 g/mol. The number of piperidine rings is 1. The molecule has 0 radical (unpaired) electrons. The van der Waals surface area contributed by atoms with Gasteiger partial charge in [0.25, 0.3) is 0 Å². The molecule has 3 rings (SSSR count). The van der Waals surface area contributed by atoms with Crippen molar-refractivity contribution in [1.29, 1.82) is 0 Å². The number of para-hydroxylation sites is 1. The molecule has 1 aromatic carbocycles. The summed E-state index contributed by atoms with van der Waals surface area (Å²) < 4.78 is 0. The van der Waals surface area contributed by atoms with Crippen LogP contribution in [0.25, 0.3) is 11.0 Å². The minimum absolute atomic E-state index is 0.728. The third-order valence-corrected chi connectivity index (χ3v) is 3.95. The molecule has 0 aliphatic carbocycles. The largest absolute Gasteiger partial charge is 0.340 e. The first-order valence-electron chi connectivity index (χ1n) is 7.42. The van der Waals surface area contributed by atoms with Crippen molar-refractivity contribution < 1.29 is 0 Å². The average Bonchev–Trinajstić information content (AvgIpc) is 2.53. The van der Waals surface area contributed by atoms with Crippen molar-refractivity contribution in [1.82, 2.24) is 20.5 Å². The van der Waals surface area contributed by atoms with Crippen LogP contribution in [-0.2, 0) is 0 Å². The molecular formula is C15H21N5. The molecule has 2 aromatic rings. The minimum Gasteiger partial charge on any atom is -0.340 e. The Balaban J connectivity index is 1.79. The highest BCUT2D eigenvalue weighted by molar-refractivity contribution is 5.74. The van der Waals surface area contributed by atoms with Gasteiger partial charge in [-0.05, 0) is 50.9 Å². The SMILES string of the molecule is CCN(CC1CCNCC1)c1nnc2ccccc2n1. The topological polar surface area (TPSA) is 53.9 Å². The second-order valence-electron chi connectivity index (χ2n) is 5.33. The van der Waals surface area contributed by atoms with Gasteiger partial charge in [-0.2, -0.15) is 0 Å². The van der Waals surface area contributed by atoms with Crippen LogP contribution in [-0.4, -0.2) is 41.4 Å². The Kier molecular flexibility index (Phi) is 4.06. The molecule has 0 amide bonds. The Bertz CT molecular complexity index is 565. The lowest BCUT2D eigenvalue weighted by molar-refractivity contribution is 0.373. The van der Waals surface area contributed by atoms with E-state index >= 15 is 0 Å². The Morgan fingerprint density at radius 2 is 1.90 bits per heavy atom. The Morgan fingerprint density at radius 1 is 1.15 bits per heavy atom. The van der Waals surface area contributed by atoms with E-state index in [4.69, 9.17) is 0 Å². The standard InChI is InChI=1S/C15H21N5/c1-2-20(11-12-7-9-16-10-8-12)15-17-13-5-3-4-6-14(13)18-19-15/h3-6,12,16H,2,7-11H2,1H3. The van der Waals surface area contributed by atoms with Gasteiger partial charge in [0.2, 0.25) is 5.95 Å². The molecule has 1 N–H and O–H groups in total. The van der Waals surface area contributed by atoms with E-state index in [0.717, 1.165) is 49.1 Å². The van der Waals surface area contributed by atoms with Crippen molar-refractivity contribution in [2.24, 2.45) is 5.92 Å². The van der Waals surface area contributed by atoms with E-state index in [2.05, 4.69) is 32.3 Å². The second-order valence-corrected chi connectivity index (χ2v) is 5.33. The fourth-order valence-corrected chi connectivity index (χ4v) is 2.73. The number of fused-ring (bicyclic) bond motifs is 1. The van der Waals surface area contributed by atoms with Gasteiger partial charge < -0.3 is 10.2 Å². The van der Waals surface area contributed by atoms with Crippen LogP contribution in [0.1, 0.15) is 19.8 Å². The maximum atomic E-state index is 4.65. The van der Waals surface area contributed by atoms with E-state index in [9.17, 15) is 0 Å². The summed E-state index contributed by atoms with van der Waals surface area (Å²) in [5.41, 5.74) is 1.77. The molecule has 106 valence electrons. The number of rotatable bonds is 4. The van der Waals surface area contributed by atoms with Crippen LogP contribution in [0.15, 0.2) is 24.3 Å². The van der Waals surface area contributed by atoms with E-state index in [1.807, 2.05) is 24.3 Å². The van der Waals surface area contributed by atoms with Crippen LogP contribution < -0.4 is 10.2 Å². The van der Waals surface area contributed by atoms with Crippen LogP contribution in [0.5, 0.6) is 0 Å². The van der Waals surface area contributed by atoms with Gasteiger partial charge in [-0.1, -0.05) is 12.1 Å². The van der Waals surface area contributed by atoms with Crippen LogP contribution in [0, 0.1) is 5.92 Å². The lowest BCUT2D eigenvalue weighted by Crippen LogP contribution is -2.37. The van der Waals surface area contributed by atoms with Crippen molar-refractivity contribution in [2.75, 3.05) is 31.1 Å². The number of aromatic nitrogens is 3. The first kappa shape index (κ1) is 13.2. The summed E-state index contributed by atoms with van der Waals surface area (Å²) in [7, 11) is 0. The first-order chi connectivity index (χ1) is 9.86. The zero-order valence-electron chi connectivity index (χ0n) is 11.9. The Labute approximate surface area is 119 Å². The van der Waals surface area contributed by atoms with Crippen molar-refractivity contribution in [3.8, 4) is 0 Å². The van der Waals surface area contributed by atoms with E-state index in [1.165, 1.54) is 12.8 Å². The lowest BCUT2D eigenvalue weighted by Gasteiger charge is -2.29. The van der Waals surface area contributed by atoms with Gasteiger partial charge in [-0.25, -0.2) is 4.98 Å². The second kappa shape index (κ2) is 6.13. The third-order valence-electron chi connectivity index (χ3n) is 3.95. The lowest BCUT2D eigenvalue weighted by atomic mass is 9.98. The molecule has 0 spiro atoms. The highest BCUT2D eigenvalue weighted by atomic mass is 15.3. The molecule has 0 bridgehead atoms. The summed E-state index contributed by atoms with van der Waals surface area (Å²) in [4.78, 5) is 6.89. The van der Waals surface area contributed by atoms with E-state index in [-0.39, 0.29) is 0 Å². The normalized spacial score (nSPS) is 16.4. The Morgan fingerprint density at radius 3 is 2.65 bits per heavy atom. The van der Waals surface area contributed by atoms with Crippen LogP contribution in [0.2, 0.25) is 0 Å². The smallest absolute Gasteiger partial charge is 0.245 e. The van der Waals surface area contributed by atoms with Gasteiger partial charge in [-0.3, -0.25) is 0 Å². The summed E-state index contributed by atoms with van der Waals surface area (Å²) in [5.74, 6) is 1.48. The molecule has 0 unspecified atom stereocenters. The van der Waals surface area contributed by atoms with E-state index in [1.54, 1.807) is 0 Å². The quantitative estimate of drug-likeness (QED) is 0.919. The monoisotopic (exact) mass is 271 g/mol. The molecule has 5 nitrogen and oxygen atoms in total. The molecule has 1 fully saturated rings. The van der Waals surface area contributed by atoms with Gasteiger partial charge in [0.05, 0.1) is 5.52 Å². The molecule has 2 heterocycles. The number of nitrogens with zero attached hydrogens (tertiary/aromatic N) is 4. The molecule has 1 saturated heterocycles. The summed E-state index contributed by atoms with van der Waals surface area (Å²) in [6.07, 6.45) is 2.47. The minimum atomic E-state index is 0.728. The van der Waals surface area contributed by atoms with E-state index in [0.29, 0.717) is 0 Å². The van der Waals surface area contributed by atoms with Gasteiger partial charge >= 0.3 is 0 Å². The number of hydrogen-bond acceptors (Lipinski definition) is 5. The number of anilines is 1. The predicted octanol–water partition coefficient (Wildman–Crippen LogP) is 1.85. The molecule has 1 aromatic heterocycles. The van der Waals surface area contributed by atoms with Gasteiger partial charge in [0.15, 0.2) is 0 Å². The fraction of sp³-hybridized carbons (Fsp3) is 0.533. The van der Waals surface area contributed by atoms with Crippen LogP contribution in [0.3, 0.4) is 0 Å². The van der Waals surface area contributed by atoms with E-state index < -0.39 is 0 Å². The zero-order chi connectivity index (χ0) is 13.8. The molecule has 20 heavy (non-hydrogen) atoms. The van der Waals surface area contributed by atoms with Crippen molar-refractivity contribution >= 4 is 17.0 Å². The van der Waals surface area contributed by atoms with Crippen LogP contribution in [0.4, 0.5) is 5.95 Å². The predicted molar refractivity (Wildman–Crippen MR) is 80.8 cm³/mol. The maximum Gasteiger partial charge on any atom is 0.245 e. The fourth-order valence-electron chi connectivity index (χ4n) is 2.73. The van der Waals surface area contributed by atoms with Crippen molar-refractivity contribution in [3.05, 3.63) is 24.3 Å². The highest BCUT2D eigenvalue weighted by Crippen LogP contribution is 2.17. The highest BCUT2D eigenvalue weighted by Gasteiger charge is 2.18. The number of hydrogen-bond donors (Lipinski definition) is 1. The Hall–Kier alpha value is -1.75.